The summed E-state index contributed by atoms with van der Waals surface area (Å²) >= 11 is 0. The fourth-order valence-corrected chi connectivity index (χ4v) is 4.81. The van der Waals surface area contributed by atoms with Gasteiger partial charge in [-0.3, -0.25) is 14.9 Å². The number of hydrogen-bond donors (Lipinski definition) is 0. The average molecular weight is 494 g/mol. The predicted octanol–water partition coefficient (Wildman–Crippen LogP) is 5.23. The maximum Gasteiger partial charge on any atom is 0.269 e. The van der Waals surface area contributed by atoms with E-state index in [2.05, 4.69) is 10.2 Å². The van der Waals surface area contributed by atoms with Crippen molar-refractivity contribution >= 4 is 32.1 Å². The van der Waals surface area contributed by atoms with Gasteiger partial charge in [0.15, 0.2) is 10.8 Å². The maximum atomic E-state index is 13.5. The third-order valence-corrected chi connectivity index (χ3v) is 7.26. The van der Waals surface area contributed by atoms with E-state index < -0.39 is 14.8 Å². The highest BCUT2D eigenvalue weighted by Crippen LogP contribution is 2.26. The summed E-state index contributed by atoms with van der Waals surface area (Å²) in [5.41, 5.74) is 2.38. The summed E-state index contributed by atoms with van der Waals surface area (Å²) in [4.78, 5) is 23.3. The fraction of sp³-hybridized carbons (Fsp3) is 0.269. The van der Waals surface area contributed by atoms with Crippen LogP contribution in [0, 0.1) is 28.9 Å². The van der Waals surface area contributed by atoms with Crippen LogP contribution in [0.1, 0.15) is 38.8 Å². The first-order valence-corrected chi connectivity index (χ1v) is 12.6. The van der Waals surface area contributed by atoms with Crippen molar-refractivity contribution in [3.8, 4) is 0 Å². The summed E-state index contributed by atoms with van der Waals surface area (Å²) in [5, 5.41) is 19.0. The van der Waals surface area contributed by atoms with E-state index in [4.69, 9.17) is 0 Å². The molecule has 0 saturated carbocycles. The molecule has 0 amide bonds. The molecule has 0 unspecified atom stereocenters. The molecular weight excluding hydrogens is 466 g/mol. The number of hydrogen-bond acceptors (Lipinski definition) is 7. The number of nitro groups is 1. The highest BCUT2D eigenvalue weighted by atomic mass is 32.2. The van der Waals surface area contributed by atoms with Crippen molar-refractivity contribution in [2.45, 2.75) is 39.5 Å². The number of non-ortho nitro benzene ring substituents is 1. The topological polar surface area (TPSA) is 119 Å². The van der Waals surface area contributed by atoms with Crippen LogP contribution in [-0.4, -0.2) is 29.9 Å². The zero-order valence-corrected chi connectivity index (χ0v) is 21.0. The molecule has 0 saturated heterocycles. The van der Waals surface area contributed by atoms with E-state index in [1.165, 1.54) is 36.4 Å². The van der Waals surface area contributed by atoms with E-state index in [-0.39, 0.29) is 38.8 Å². The second kappa shape index (κ2) is 10.3. The zero-order chi connectivity index (χ0) is 25.9. The minimum absolute atomic E-state index is 0.0241. The molecule has 0 N–H and O–H groups in total. The number of benzene rings is 2. The molecule has 0 bridgehead atoms. The Morgan fingerprint density at radius 1 is 0.886 bits per heavy atom. The first-order chi connectivity index (χ1) is 16.4. The summed E-state index contributed by atoms with van der Waals surface area (Å²) in [5.74, 6) is -0.157. The van der Waals surface area contributed by atoms with Gasteiger partial charge in [0, 0.05) is 28.8 Å². The Balaban J connectivity index is 2.20. The Kier molecular flexibility index (Phi) is 7.60. The van der Waals surface area contributed by atoms with Crippen LogP contribution in [0.3, 0.4) is 0 Å². The van der Waals surface area contributed by atoms with Crippen molar-refractivity contribution < 1.29 is 18.1 Å². The van der Waals surface area contributed by atoms with E-state index in [0.717, 1.165) is 5.56 Å². The van der Waals surface area contributed by atoms with Crippen molar-refractivity contribution in [1.82, 2.24) is 0 Å². The smallest absolute Gasteiger partial charge is 0.269 e. The van der Waals surface area contributed by atoms with Crippen molar-refractivity contribution in [3.63, 3.8) is 0 Å². The van der Waals surface area contributed by atoms with Crippen LogP contribution in [0.25, 0.3) is 0 Å². The van der Waals surface area contributed by atoms with Gasteiger partial charge < -0.3 is 0 Å². The monoisotopic (exact) mass is 493 g/mol. The highest BCUT2D eigenvalue weighted by molar-refractivity contribution is 8.07. The number of sulfone groups is 1. The lowest BCUT2D eigenvalue weighted by atomic mass is 9.84. The van der Waals surface area contributed by atoms with Crippen LogP contribution in [0.2, 0.25) is 0 Å². The van der Waals surface area contributed by atoms with Crippen LogP contribution in [0.4, 0.5) is 5.69 Å². The van der Waals surface area contributed by atoms with Gasteiger partial charge in [0.1, 0.15) is 0 Å². The Morgan fingerprint density at radius 3 is 1.86 bits per heavy atom. The third kappa shape index (κ3) is 5.68. The van der Waals surface area contributed by atoms with E-state index >= 15 is 0 Å². The number of aryl methyl sites for hydroxylation is 1. The molecule has 0 aliphatic heterocycles. The van der Waals surface area contributed by atoms with Crippen LogP contribution >= 0.6 is 0 Å². The lowest BCUT2D eigenvalue weighted by Gasteiger charge is -2.19. The predicted molar refractivity (Wildman–Crippen MR) is 136 cm³/mol. The quantitative estimate of drug-likeness (QED) is 0.179. The van der Waals surface area contributed by atoms with Gasteiger partial charge in [-0.25, -0.2) is 8.42 Å². The van der Waals surface area contributed by atoms with Crippen LogP contribution < -0.4 is 0 Å². The Morgan fingerprint density at radius 2 is 1.40 bits per heavy atom. The maximum absolute atomic E-state index is 13.5. The van der Waals surface area contributed by atoms with E-state index in [9.17, 15) is 23.3 Å². The molecule has 8 nitrogen and oxygen atoms in total. The number of rotatable bonds is 6. The van der Waals surface area contributed by atoms with Gasteiger partial charge in [-0.2, -0.15) is 0 Å². The minimum Gasteiger partial charge on any atom is -0.289 e. The first kappa shape index (κ1) is 25.9. The number of allylic oxidation sites excluding steroid dienone is 4. The number of carbonyl (C=O) groups is 1. The molecular formula is C26H27N3O5S. The molecule has 0 spiro atoms. The van der Waals surface area contributed by atoms with Gasteiger partial charge >= 0.3 is 0 Å². The fourth-order valence-electron chi connectivity index (χ4n) is 3.50. The zero-order valence-electron chi connectivity index (χ0n) is 20.2. The SMILES string of the molecule is Cc1ccc(S(=O)(=O)/C(=N/N=C2C=C(C(C)C)C(=O)C(C(C)C)=C2)c2ccc([N+](=O)[O-])cc2)cc1. The van der Waals surface area contributed by atoms with E-state index in [1.54, 1.807) is 24.3 Å². The molecule has 0 heterocycles. The summed E-state index contributed by atoms with van der Waals surface area (Å²) in [6.45, 7) is 9.45. The average Bonchev–Trinajstić information content (AvgIpc) is 2.80. The van der Waals surface area contributed by atoms with Gasteiger partial charge in [0.2, 0.25) is 9.84 Å². The third-order valence-electron chi connectivity index (χ3n) is 5.54. The van der Waals surface area contributed by atoms with Crippen molar-refractivity contribution in [2.75, 3.05) is 0 Å². The molecule has 0 atom stereocenters. The van der Waals surface area contributed by atoms with Crippen LogP contribution in [-0.2, 0) is 14.6 Å². The molecule has 0 fully saturated rings. The number of nitrogens with zero attached hydrogens (tertiary/aromatic N) is 3. The second-order valence-corrected chi connectivity index (χ2v) is 10.8. The first-order valence-electron chi connectivity index (χ1n) is 11.1. The largest absolute Gasteiger partial charge is 0.289 e. The molecule has 1 aliphatic rings. The standard InChI is InChI=1S/C26H27N3O5S/c1-16(2)23-14-20(15-24(17(3)4)25(23)30)27-28-26(19-8-10-21(11-9-19)29(31)32)35(33,34)22-12-6-18(5)7-13-22/h6-17H,1-5H3/b28-26+. The summed E-state index contributed by atoms with van der Waals surface area (Å²) in [7, 11) is -4.11. The lowest BCUT2D eigenvalue weighted by Crippen LogP contribution is -2.21. The highest BCUT2D eigenvalue weighted by Gasteiger charge is 2.27. The number of carbonyl (C=O) groups excluding carboxylic acids is 1. The van der Waals surface area contributed by atoms with Crippen molar-refractivity contribution in [2.24, 2.45) is 22.0 Å². The summed E-state index contributed by atoms with van der Waals surface area (Å²) in [6, 6.07) is 11.4. The Hall–Kier alpha value is -3.72. The number of Topliss-reactive ketones (excluding diaryl/α,β-unsaturated/α-hetero) is 1. The van der Waals surface area contributed by atoms with Gasteiger partial charge in [0.05, 0.1) is 15.5 Å². The second-order valence-electron chi connectivity index (χ2n) is 8.89. The Bertz CT molecular complexity index is 1350. The normalized spacial score (nSPS) is 14.8. The summed E-state index contributed by atoms with van der Waals surface area (Å²) in [6.07, 6.45) is 3.24. The molecule has 35 heavy (non-hydrogen) atoms. The van der Waals surface area contributed by atoms with Crippen molar-refractivity contribution in [1.29, 1.82) is 0 Å². The number of ketones is 1. The van der Waals surface area contributed by atoms with E-state index in [1.807, 2.05) is 34.6 Å². The Labute approximate surface area is 204 Å². The van der Waals surface area contributed by atoms with E-state index in [0.29, 0.717) is 16.9 Å². The minimum atomic E-state index is -4.11. The van der Waals surface area contributed by atoms with Crippen LogP contribution in [0.15, 0.2) is 86.9 Å². The molecule has 182 valence electrons. The lowest BCUT2D eigenvalue weighted by molar-refractivity contribution is -0.384. The molecule has 0 aromatic heterocycles. The molecule has 2 aromatic rings. The van der Waals surface area contributed by atoms with Gasteiger partial charge in [-0.05, 0) is 55.2 Å². The summed E-state index contributed by atoms with van der Waals surface area (Å²) < 4.78 is 27.0. The van der Waals surface area contributed by atoms with Gasteiger partial charge in [-0.15, -0.1) is 10.2 Å². The van der Waals surface area contributed by atoms with Crippen LogP contribution in [0.5, 0.6) is 0 Å². The molecule has 0 radical (unpaired) electrons. The molecule has 9 heteroatoms. The van der Waals surface area contributed by atoms with Crippen molar-refractivity contribution in [3.05, 3.63) is 93.1 Å². The molecule has 1 aliphatic carbocycles. The molecule has 3 rings (SSSR count). The molecule has 2 aromatic carbocycles. The van der Waals surface area contributed by atoms with Gasteiger partial charge in [-0.1, -0.05) is 45.4 Å². The number of nitro benzene ring substituents is 1. The van der Waals surface area contributed by atoms with Gasteiger partial charge in [0.25, 0.3) is 5.69 Å².